The van der Waals surface area contributed by atoms with E-state index in [4.69, 9.17) is 14.2 Å². The number of piperidine rings is 1. The van der Waals surface area contributed by atoms with Crippen LogP contribution in [0, 0.1) is 11.7 Å². The lowest BCUT2D eigenvalue weighted by Gasteiger charge is -2.40. The smallest absolute Gasteiger partial charge is 0.408 e. The predicted molar refractivity (Wildman–Crippen MR) is 209 cm³/mol. The van der Waals surface area contributed by atoms with Gasteiger partial charge in [0.15, 0.2) is 0 Å². The van der Waals surface area contributed by atoms with Gasteiger partial charge in [-0.1, -0.05) is 72.8 Å². The predicted octanol–water partition coefficient (Wildman–Crippen LogP) is 6.57. The first-order chi connectivity index (χ1) is 26.8. The molecule has 0 saturated carbocycles. The molecule has 4 aromatic carbocycles. The fraction of sp³-hybridized carbons (Fsp3) is 0.386. The lowest BCUT2D eigenvalue weighted by molar-refractivity contribution is -0.137. The van der Waals surface area contributed by atoms with Crippen molar-refractivity contribution in [3.63, 3.8) is 0 Å². The first kappa shape index (κ1) is 39.4. The largest absolute Gasteiger partial charge is 0.493 e. The van der Waals surface area contributed by atoms with E-state index in [2.05, 4.69) is 27.2 Å². The number of nitrogens with one attached hydrogen (secondary N) is 1. The molecular formula is C44H51FN4O6. The maximum Gasteiger partial charge on any atom is 0.408 e. The number of alkyl carbamates (subject to hydrolysis) is 1. The Bertz CT molecular complexity index is 1890. The molecule has 290 valence electrons. The molecule has 4 aromatic rings. The molecule has 55 heavy (non-hydrogen) atoms. The summed E-state index contributed by atoms with van der Waals surface area (Å²) in [6, 6.07) is 29.4. The van der Waals surface area contributed by atoms with Gasteiger partial charge in [-0.3, -0.25) is 9.69 Å². The van der Waals surface area contributed by atoms with Crippen molar-refractivity contribution in [1.82, 2.24) is 20.0 Å². The molecule has 10 nitrogen and oxygen atoms in total. The van der Waals surface area contributed by atoms with Crippen LogP contribution in [0.2, 0.25) is 0 Å². The van der Waals surface area contributed by atoms with E-state index >= 15 is 0 Å². The zero-order valence-electron chi connectivity index (χ0n) is 31.8. The molecule has 1 N–H and O–H groups in total. The van der Waals surface area contributed by atoms with E-state index in [-0.39, 0.29) is 30.2 Å². The Morgan fingerprint density at radius 1 is 0.836 bits per heavy atom. The minimum absolute atomic E-state index is 0.0634. The highest BCUT2D eigenvalue weighted by Crippen LogP contribution is 2.28. The number of methoxy groups -OCH3 is 1. The van der Waals surface area contributed by atoms with Gasteiger partial charge in [0, 0.05) is 44.8 Å². The molecule has 2 fully saturated rings. The van der Waals surface area contributed by atoms with Crippen LogP contribution in [0.5, 0.6) is 5.75 Å². The fourth-order valence-electron chi connectivity index (χ4n) is 7.54. The summed E-state index contributed by atoms with van der Waals surface area (Å²) >= 11 is 0. The molecule has 2 heterocycles. The van der Waals surface area contributed by atoms with E-state index in [9.17, 15) is 18.8 Å². The number of carbonyl (C=O) groups excluding carboxylic acids is 3. The number of likely N-dealkylation sites (tertiary alicyclic amines) is 1. The summed E-state index contributed by atoms with van der Waals surface area (Å²) in [4.78, 5) is 46.0. The SMILES string of the molecule is CCOc1cccc(F)c1CN1CCN(C(=O)[C@H](NC(=O)OCc2ccccc2)C2CCN(CCc3ccccc3-c3cccc(C(=O)OC)c3)CC2)CC1. The van der Waals surface area contributed by atoms with Gasteiger partial charge in [0.1, 0.15) is 24.2 Å². The molecule has 0 spiro atoms. The number of esters is 1. The van der Waals surface area contributed by atoms with Crippen LogP contribution in [0.25, 0.3) is 11.1 Å². The van der Waals surface area contributed by atoms with E-state index < -0.39 is 12.1 Å². The molecule has 0 aromatic heterocycles. The van der Waals surface area contributed by atoms with Crippen LogP contribution in [0.3, 0.4) is 0 Å². The first-order valence-electron chi connectivity index (χ1n) is 19.2. The Balaban J connectivity index is 1.08. The number of nitrogens with zero attached hydrogens (tertiary/aromatic N) is 3. The van der Waals surface area contributed by atoms with E-state index in [1.54, 1.807) is 18.2 Å². The molecule has 2 aliphatic rings. The molecule has 11 heteroatoms. The number of rotatable bonds is 14. The Hall–Kier alpha value is -5.26. The van der Waals surface area contributed by atoms with E-state index in [0.717, 1.165) is 55.6 Å². The van der Waals surface area contributed by atoms with Crippen LogP contribution >= 0.6 is 0 Å². The van der Waals surface area contributed by atoms with Crippen molar-refractivity contribution in [2.75, 3.05) is 59.5 Å². The average Bonchev–Trinajstić information content (AvgIpc) is 3.23. The van der Waals surface area contributed by atoms with Gasteiger partial charge < -0.3 is 29.3 Å². The molecule has 0 aliphatic carbocycles. The van der Waals surface area contributed by atoms with Crippen molar-refractivity contribution in [1.29, 1.82) is 0 Å². The third kappa shape index (κ3) is 10.5. The van der Waals surface area contributed by atoms with Crippen LogP contribution in [-0.2, 0) is 33.8 Å². The number of hydrogen-bond acceptors (Lipinski definition) is 8. The Morgan fingerprint density at radius 3 is 2.31 bits per heavy atom. The molecule has 0 unspecified atom stereocenters. The summed E-state index contributed by atoms with van der Waals surface area (Å²) in [6.45, 7) is 7.31. The lowest BCUT2D eigenvalue weighted by Crippen LogP contribution is -2.58. The Labute approximate surface area is 323 Å². The van der Waals surface area contributed by atoms with Crippen molar-refractivity contribution >= 4 is 18.0 Å². The molecule has 0 radical (unpaired) electrons. The minimum Gasteiger partial charge on any atom is -0.493 e. The summed E-state index contributed by atoms with van der Waals surface area (Å²) in [5.74, 6) is -0.300. The third-order valence-corrected chi connectivity index (χ3v) is 10.6. The van der Waals surface area contributed by atoms with Gasteiger partial charge >= 0.3 is 12.1 Å². The normalized spacial score (nSPS) is 15.9. The maximum atomic E-state index is 14.8. The average molecular weight is 751 g/mol. The summed E-state index contributed by atoms with van der Waals surface area (Å²) in [5.41, 5.74) is 5.13. The maximum absolute atomic E-state index is 14.8. The molecule has 2 aliphatic heterocycles. The van der Waals surface area contributed by atoms with E-state index in [1.165, 1.54) is 18.7 Å². The van der Waals surface area contributed by atoms with Gasteiger partial charge in [0.25, 0.3) is 0 Å². The van der Waals surface area contributed by atoms with Crippen molar-refractivity contribution in [2.45, 2.75) is 45.4 Å². The standard InChI is InChI=1S/C44H51FN4O6/c1-3-54-40-18-10-17-39(45)38(40)30-48-25-27-49(28-26-48)42(50)41(46-44(52)55-31-32-11-5-4-6-12-32)34-20-23-47(24-21-34)22-19-33-13-7-8-16-37(33)35-14-9-15-36(29-35)43(51)53-2/h4-18,29,34,41H,3,19-28,30-31H2,1-2H3,(H,46,52)/t41-/m1/s1. The van der Waals surface area contributed by atoms with Crippen LogP contribution in [-0.4, -0.2) is 98.2 Å². The molecule has 0 bridgehead atoms. The summed E-state index contributed by atoms with van der Waals surface area (Å²) in [5, 5.41) is 2.97. The number of ether oxygens (including phenoxy) is 3. The number of hydrogen-bond donors (Lipinski definition) is 1. The highest BCUT2D eigenvalue weighted by molar-refractivity contribution is 5.91. The zero-order chi connectivity index (χ0) is 38.6. The lowest BCUT2D eigenvalue weighted by atomic mass is 9.88. The topological polar surface area (TPSA) is 101 Å². The van der Waals surface area contributed by atoms with Crippen LogP contribution in [0.15, 0.2) is 97.1 Å². The van der Waals surface area contributed by atoms with Crippen molar-refractivity contribution in [3.05, 3.63) is 125 Å². The fourth-order valence-corrected chi connectivity index (χ4v) is 7.54. The summed E-state index contributed by atoms with van der Waals surface area (Å²) in [6.07, 6.45) is 1.69. The summed E-state index contributed by atoms with van der Waals surface area (Å²) in [7, 11) is 1.38. The number of piperazine rings is 1. The van der Waals surface area contributed by atoms with Gasteiger partial charge in [-0.2, -0.15) is 0 Å². The van der Waals surface area contributed by atoms with Gasteiger partial charge in [-0.05, 0) is 91.7 Å². The quantitative estimate of drug-likeness (QED) is 0.145. The van der Waals surface area contributed by atoms with Gasteiger partial charge in [-0.15, -0.1) is 0 Å². The van der Waals surface area contributed by atoms with Gasteiger partial charge in [0.05, 0.1) is 19.3 Å². The molecule has 2 amide bonds. The number of benzene rings is 4. The van der Waals surface area contributed by atoms with E-state index in [1.807, 2.05) is 72.5 Å². The molecule has 6 rings (SSSR count). The van der Waals surface area contributed by atoms with Gasteiger partial charge in [0.2, 0.25) is 5.91 Å². The van der Waals surface area contributed by atoms with Crippen molar-refractivity contribution < 1.29 is 33.0 Å². The Kier molecular flexibility index (Phi) is 13.9. The minimum atomic E-state index is -0.726. The van der Waals surface area contributed by atoms with E-state index in [0.29, 0.717) is 56.2 Å². The van der Waals surface area contributed by atoms with Crippen molar-refractivity contribution in [3.8, 4) is 16.9 Å². The van der Waals surface area contributed by atoms with Crippen molar-refractivity contribution in [2.24, 2.45) is 5.92 Å². The highest BCUT2D eigenvalue weighted by Gasteiger charge is 2.37. The number of amides is 2. The highest BCUT2D eigenvalue weighted by atomic mass is 19.1. The summed E-state index contributed by atoms with van der Waals surface area (Å²) < 4.78 is 31.0. The molecular weight excluding hydrogens is 700 g/mol. The van der Waals surface area contributed by atoms with Gasteiger partial charge in [-0.25, -0.2) is 14.0 Å². The molecule has 1 atom stereocenters. The monoisotopic (exact) mass is 750 g/mol. The first-order valence-corrected chi connectivity index (χ1v) is 19.2. The molecule has 2 saturated heterocycles. The second-order valence-electron chi connectivity index (χ2n) is 14.1. The van der Waals surface area contributed by atoms with Crippen LogP contribution in [0.1, 0.15) is 46.8 Å². The zero-order valence-corrected chi connectivity index (χ0v) is 31.8. The van der Waals surface area contributed by atoms with Crippen LogP contribution in [0.4, 0.5) is 9.18 Å². The number of halogens is 1. The van der Waals surface area contributed by atoms with Crippen LogP contribution < -0.4 is 10.1 Å². The third-order valence-electron chi connectivity index (χ3n) is 10.6. The second-order valence-corrected chi connectivity index (χ2v) is 14.1. The second kappa shape index (κ2) is 19.4. The Morgan fingerprint density at radius 2 is 1.56 bits per heavy atom. The number of carbonyl (C=O) groups is 3.